The molecule has 0 saturated carbocycles. The van der Waals surface area contributed by atoms with Gasteiger partial charge in [-0.2, -0.15) is 5.26 Å². The van der Waals surface area contributed by atoms with Gasteiger partial charge in [-0.05, 0) is 47.7 Å². The Kier molecular flexibility index (Phi) is 7.51. The third-order valence-electron chi connectivity index (χ3n) is 7.14. The van der Waals surface area contributed by atoms with Crippen LogP contribution in [0.2, 0.25) is 0 Å². The summed E-state index contributed by atoms with van der Waals surface area (Å²) in [6.07, 6.45) is 11.3. The van der Waals surface area contributed by atoms with Crippen LogP contribution in [0.25, 0.3) is 17.0 Å². The Morgan fingerprint density at radius 1 is 1.20 bits per heavy atom. The molecule has 2 amide bonds. The number of alkyl halides is 2. The summed E-state index contributed by atoms with van der Waals surface area (Å²) in [6.45, 7) is -1.45. The second-order valence-corrected chi connectivity index (χ2v) is 10.3. The molecular formula is C31H25ClF2N4O2. The molecule has 1 N–H and O–H groups in total. The van der Waals surface area contributed by atoms with Crippen molar-refractivity contribution in [3.63, 3.8) is 0 Å². The van der Waals surface area contributed by atoms with Crippen molar-refractivity contribution in [3.05, 3.63) is 107 Å². The molecule has 1 aromatic heterocycles. The van der Waals surface area contributed by atoms with Gasteiger partial charge in [0.1, 0.15) is 0 Å². The van der Waals surface area contributed by atoms with Crippen LogP contribution < -0.4 is 5.32 Å². The number of carbonyl (C=O) groups is 2. The summed E-state index contributed by atoms with van der Waals surface area (Å²) in [5, 5.41) is 13.8. The van der Waals surface area contributed by atoms with Gasteiger partial charge in [-0.15, -0.1) is 0 Å². The Labute approximate surface area is 235 Å². The van der Waals surface area contributed by atoms with E-state index in [1.165, 1.54) is 6.20 Å². The molecule has 0 spiro atoms. The minimum absolute atomic E-state index is 0.204. The van der Waals surface area contributed by atoms with Gasteiger partial charge in [0.2, 0.25) is 5.91 Å². The summed E-state index contributed by atoms with van der Waals surface area (Å²) >= 11 is 5.99. The fraction of sp³-hybridized carbons (Fsp3) is 0.226. The minimum Gasteiger partial charge on any atom is -0.343 e. The quantitative estimate of drug-likeness (QED) is 0.404. The molecular weight excluding hydrogens is 534 g/mol. The highest BCUT2D eigenvalue weighted by Crippen LogP contribution is 2.45. The van der Waals surface area contributed by atoms with Crippen LogP contribution in [0.5, 0.6) is 0 Å². The number of nitriles is 1. The SMILES string of the molecule is N#C[C@]1(c2ccccc2)CC(F)(F)CN1C(=O)CNC(=O)c1ccnc2ccc(/C=C/C3C=CC(Cl)=CC3)cc12. The molecule has 2 atom stereocenters. The number of aromatic nitrogens is 1. The molecule has 2 aromatic carbocycles. The smallest absolute Gasteiger partial charge is 0.269 e. The van der Waals surface area contributed by atoms with Crippen molar-refractivity contribution in [2.75, 3.05) is 13.1 Å². The van der Waals surface area contributed by atoms with Crippen molar-refractivity contribution in [2.45, 2.75) is 24.3 Å². The van der Waals surface area contributed by atoms with Crippen LogP contribution in [0, 0.1) is 17.2 Å². The largest absolute Gasteiger partial charge is 0.343 e. The molecule has 0 radical (unpaired) electrons. The average molecular weight is 559 g/mol. The highest BCUT2D eigenvalue weighted by molar-refractivity contribution is 6.31. The molecule has 1 unspecified atom stereocenters. The summed E-state index contributed by atoms with van der Waals surface area (Å²) in [6, 6.07) is 17.1. The first-order valence-corrected chi connectivity index (χ1v) is 13.1. The molecule has 1 fully saturated rings. The van der Waals surface area contributed by atoms with E-state index < -0.39 is 42.8 Å². The number of nitrogens with zero attached hydrogens (tertiary/aromatic N) is 3. The molecule has 3 aromatic rings. The van der Waals surface area contributed by atoms with Crippen molar-refractivity contribution in [3.8, 4) is 6.07 Å². The zero-order valence-corrected chi connectivity index (χ0v) is 22.1. The summed E-state index contributed by atoms with van der Waals surface area (Å²) < 4.78 is 29.1. The number of likely N-dealkylation sites (tertiary alicyclic amines) is 1. The number of pyridine rings is 1. The van der Waals surface area contributed by atoms with Gasteiger partial charge in [-0.3, -0.25) is 14.6 Å². The monoisotopic (exact) mass is 558 g/mol. The second kappa shape index (κ2) is 11.0. The van der Waals surface area contributed by atoms with E-state index in [2.05, 4.69) is 10.3 Å². The fourth-order valence-electron chi connectivity index (χ4n) is 5.13. The number of fused-ring (bicyclic) bond motifs is 1. The van der Waals surface area contributed by atoms with Crippen LogP contribution in [-0.4, -0.2) is 40.7 Å². The van der Waals surface area contributed by atoms with E-state index >= 15 is 0 Å². The van der Waals surface area contributed by atoms with Crippen molar-refractivity contribution >= 4 is 40.4 Å². The zero-order valence-electron chi connectivity index (χ0n) is 21.4. The molecule has 9 heteroatoms. The zero-order chi connectivity index (χ0) is 28.3. The highest BCUT2D eigenvalue weighted by atomic mass is 35.5. The number of nitrogens with one attached hydrogen (secondary N) is 1. The van der Waals surface area contributed by atoms with Crippen molar-refractivity contribution in [1.29, 1.82) is 5.26 Å². The van der Waals surface area contributed by atoms with Crippen LogP contribution in [0.4, 0.5) is 8.78 Å². The van der Waals surface area contributed by atoms with Gasteiger partial charge in [-0.25, -0.2) is 8.78 Å². The standard InChI is InChI=1S/C31H25ClF2N4O2/c32-24-11-8-21(9-12-24)6-7-22-10-13-27-26(16-22)25(14-15-36-27)29(40)37-17-28(39)38-20-31(33,34)18-30(38,19-35)23-4-2-1-3-5-23/h1-8,10-16,21H,9,17-18,20H2,(H,37,40)/b7-6+/t21?,30-/m0/s1. The lowest BCUT2D eigenvalue weighted by atomic mass is 9.88. The summed E-state index contributed by atoms with van der Waals surface area (Å²) in [5.41, 5.74) is 0.224. The van der Waals surface area contributed by atoms with Gasteiger partial charge in [0.05, 0.1) is 36.7 Å². The van der Waals surface area contributed by atoms with Gasteiger partial charge in [0.15, 0.2) is 5.54 Å². The van der Waals surface area contributed by atoms with Crippen LogP contribution >= 0.6 is 11.6 Å². The minimum atomic E-state index is -3.24. The molecule has 1 aliphatic heterocycles. The lowest BCUT2D eigenvalue weighted by Crippen LogP contribution is -2.48. The maximum atomic E-state index is 14.5. The average Bonchev–Trinajstić information content (AvgIpc) is 3.27. The van der Waals surface area contributed by atoms with E-state index in [0.29, 0.717) is 27.1 Å². The van der Waals surface area contributed by atoms with E-state index in [1.807, 2.05) is 48.6 Å². The molecule has 202 valence electrons. The topological polar surface area (TPSA) is 86.1 Å². The number of hydrogen-bond donors (Lipinski definition) is 1. The number of amides is 2. The number of hydrogen-bond acceptors (Lipinski definition) is 4. The first kappa shape index (κ1) is 27.2. The third-order valence-corrected chi connectivity index (χ3v) is 7.42. The predicted molar refractivity (Wildman–Crippen MR) is 149 cm³/mol. The number of benzene rings is 2. The van der Waals surface area contributed by atoms with Gasteiger partial charge in [0, 0.05) is 16.6 Å². The van der Waals surface area contributed by atoms with Crippen LogP contribution in [0.15, 0.2) is 90.1 Å². The van der Waals surface area contributed by atoms with E-state index in [4.69, 9.17) is 11.6 Å². The molecule has 2 heterocycles. The molecule has 0 bridgehead atoms. The first-order valence-electron chi connectivity index (χ1n) is 12.7. The Morgan fingerprint density at radius 2 is 2.00 bits per heavy atom. The van der Waals surface area contributed by atoms with E-state index in [-0.39, 0.29) is 5.92 Å². The Morgan fingerprint density at radius 3 is 2.73 bits per heavy atom. The lowest BCUT2D eigenvalue weighted by molar-refractivity contribution is -0.133. The maximum absolute atomic E-state index is 14.5. The van der Waals surface area contributed by atoms with E-state index in [9.17, 15) is 23.6 Å². The Hall–Kier alpha value is -4.35. The van der Waals surface area contributed by atoms with Crippen LogP contribution in [0.3, 0.4) is 0 Å². The summed E-state index contributed by atoms with van der Waals surface area (Å²) in [4.78, 5) is 31.6. The van der Waals surface area contributed by atoms with Crippen molar-refractivity contribution < 1.29 is 18.4 Å². The van der Waals surface area contributed by atoms with Gasteiger partial charge in [-0.1, -0.05) is 72.3 Å². The molecule has 1 aliphatic carbocycles. The van der Waals surface area contributed by atoms with Crippen LogP contribution in [0.1, 0.15) is 34.3 Å². The van der Waals surface area contributed by atoms with E-state index in [1.54, 1.807) is 42.5 Å². The molecule has 5 rings (SSSR count). The number of rotatable bonds is 6. The molecule has 40 heavy (non-hydrogen) atoms. The summed E-state index contributed by atoms with van der Waals surface area (Å²) in [7, 11) is 0. The number of halogens is 3. The lowest BCUT2D eigenvalue weighted by Gasteiger charge is -2.32. The fourth-order valence-corrected chi connectivity index (χ4v) is 5.29. The molecule has 2 aliphatic rings. The van der Waals surface area contributed by atoms with Crippen molar-refractivity contribution in [1.82, 2.24) is 15.2 Å². The predicted octanol–water partition coefficient (Wildman–Crippen LogP) is 5.96. The number of allylic oxidation sites excluding steroid dienone is 5. The Bertz CT molecular complexity index is 1600. The van der Waals surface area contributed by atoms with Gasteiger partial charge < -0.3 is 10.2 Å². The van der Waals surface area contributed by atoms with Gasteiger partial charge in [0.25, 0.3) is 11.8 Å². The second-order valence-electron chi connectivity index (χ2n) is 9.88. The van der Waals surface area contributed by atoms with Crippen molar-refractivity contribution in [2.24, 2.45) is 5.92 Å². The molecule has 1 saturated heterocycles. The first-order chi connectivity index (χ1) is 19.2. The number of carbonyl (C=O) groups excluding carboxylic acids is 2. The van der Waals surface area contributed by atoms with Crippen LogP contribution in [-0.2, 0) is 10.3 Å². The molecule has 6 nitrogen and oxygen atoms in total. The van der Waals surface area contributed by atoms with Gasteiger partial charge >= 0.3 is 0 Å². The van der Waals surface area contributed by atoms with E-state index in [0.717, 1.165) is 16.9 Å². The Balaban J connectivity index is 1.34. The normalized spacial score (nSPS) is 21.8. The third kappa shape index (κ3) is 5.51. The highest BCUT2D eigenvalue weighted by Gasteiger charge is 2.58. The summed E-state index contributed by atoms with van der Waals surface area (Å²) in [5.74, 6) is -4.36. The maximum Gasteiger partial charge on any atom is 0.269 e.